The molecule has 0 fully saturated rings. The van der Waals surface area contributed by atoms with Crippen molar-refractivity contribution in [1.29, 1.82) is 0 Å². The van der Waals surface area contributed by atoms with Crippen LogP contribution in [0.5, 0.6) is 0 Å². The van der Waals surface area contributed by atoms with E-state index in [0.29, 0.717) is 19.6 Å². The number of thiophene rings is 1. The molecule has 0 aliphatic carbocycles. The van der Waals surface area contributed by atoms with Crippen molar-refractivity contribution in [2.24, 2.45) is 11.7 Å². The average Bonchev–Trinajstić information content (AvgIpc) is 2.67. The van der Waals surface area contributed by atoms with Gasteiger partial charge in [0, 0.05) is 11.3 Å². The predicted octanol–water partition coefficient (Wildman–Crippen LogP) is 1.78. The largest absolute Gasteiger partial charge is 0.460 e. The first-order chi connectivity index (χ1) is 6.72. The monoisotopic (exact) mass is 213 g/mol. The number of carbonyl (C=O) groups is 1. The molecule has 78 valence electrons. The molecule has 14 heavy (non-hydrogen) atoms. The van der Waals surface area contributed by atoms with Crippen LogP contribution < -0.4 is 5.73 Å². The fraction of sp³-hybridized carbons (Fsp3) is 0.500. The second-order valence-corrected chi connectivity index (χ2v) is 4.32. The minimum Gasteiger partial charge on any atom is -0.460 e. The smallest absolute Gasteiger partial charge is 0.306 e. The first kappa shape index (κ1) is 11.2. The molecule has 0 aliphatic heterocycles. The fourth-order valence-electron chi connectivity index (χ4n) is 0.973. The maximum absolute atomic E-state index is 11.2. The highest BCUT2D eigenvalue weighted by Crippen LogP contribution is 2.10. The summed E-state index contributed by atoms with van der Waals surface area (Å²) in [5.41, 5.74) is 5.41. The van der Waals surface area contributed by atoms with Crippen molar-refractivity contribution >= 4 is 17.3 Å². The number of esters is 1. The van der Waals surface area contributed by atoms with Crippen molar-refractivity contribution in [2.45, 2.75) is 20.0 Å². The van der Waals surface area contributed by atoms with Gasteiger partial charge >= 0.3 is 5.97 Å². The van der Waals surface area contributed by atoms with Gasteiger partial charge in [0.15, 0.2) is 0 Å². The summed E-state index contributed by atoms with van der Waals surface area (Å²) in [6, 6.07) is 3.89. The van der Waals surface area contributed by atoms with Gasteiger partial charge in [0.25, 0.3) is 0 Å². The molecule has 1 aromatic heterocycles. The van der Waals surface area contributed by atoms with Gasteiger partial charge < -0.3 is 10.5 Å². The van der Waals surface area contributed by atoms with Crippen molar-refractivity contribution in [1.82, 2.24) is 0 Å². The lowest BCUT2D eigenvalue weighted by Gasteiger charge is -2.07. The molecule has 0 bridgehead atoms. The number of ether oxygens (including phenoxy) is 1. The summed E-state index contributed by atoms with van der Waals surface area (Å²) in [4.78, 5) is 12.3. The van der Waals surface area contributed by atoms with E-state index in [-0.39, 0.29) is 11.9 Å². The van der Waals surface area contributed by atoms with E-state index >= 15 is 0 Å². The molecule has 0 spiro atoms. The van der Waals surface area contributed by atoms with Crippen LogP contribution in [0.2, 0.25) is 0 Å². The molecule has 4 heteroatoms. The van der Waals surface area contributed by atoms with E-state index in [1.54, 1.807) is 11.3 Å². The van der Waals surface area contributed by atoms with Crippen molar-refractivity contribution < 1.29 is 9.53 Å². The Labute approximate surface area is 87.9 Å². The van der Waals surface area contributed by atoms with Crippen LogP contribution in [0.4, 0.5) is 0 Å². The third kappa shape index (κ3) is 3.89. The average molecular weight is 213 g/mol. The third-order valence-electron chi connectivity index (χ3n) is 1.87. The molecule has 0 aliphatic rings. The van der Waals surface area contributed by atoms with Gasteiger partial charge in [0.05, 0.1) is 0 Å². The summed E-state index contributed by atoms with van der Waals surface area (Å²) in [7, 11) is 0. The minimum atomic E-state index is -0.170. The maximum atomic E-state index is 11.2. The Balaban J connectivity index is 2.22. The number of carbonyl (C=O) groups excluding carboxylic acids is 1. The van der Waals surface area contributed by atoms with Gasteiger partial charge in [-0.25, -0.2) is 0 Å². The Bertz CT molecular complexity index is 272. The van der Waals surface area contributed by atoms with Gasteiger partial charge in [0.1, 0.15) is 6.61 Å². The number of nitrogens with two attached hydrogens (primary N) is 1. The van der Waals surface area contributed by atoms with Crippen molar-refractivity contribution in [3.8, 4) is 0 Å². The van der Waals surface area contributed by atoms with Crippen LogP contribution in [0.25, 0.3) is 0 Å². The van der Waals surface area contributed by atoms with Crippen LogP contribution in [0, 0.1) is 5.92 Å². The second kappa shape index (κ2) is 5.78. The summed E-state index contributed by atoms with van der Waals surface area (Å²) in [5.74, 6) is 0.0298. The Kier molecular flexibility index (Phi) is 4.62. The second-order valence-electron chi connectivity index (χ2n) is 3.29. The van der Waals surface area contributed by atoms with Gasteiger partial charge in [-0.15, -0.1) is 11.3 Å². The Morgan fingerprint density at radius 1 is 1.71 bits per heavy atom. The zero-order chi connectivity index (χ0) is 10.4. The highest BCUT2D eigenvalue weighted by Gasteiger charge is 2.08. The van der Waals surface area contributed by atoms with Gasteiger partial charge in [-0.1, -0.05) is 13.0 Å². The fourth-order valence-corrected chi connectivity index (χ4v) is 1.59. The maximum Gasteiger partial charge on any atom is 0.306 e. The van der Waals surface area contributed by atoms with E-state index < -0.39 is 0 Å². The summed E-state index contributed by atoms with van der Waals surface area (Å²) in [6.45, 7) is 2.84. The quantitative estimate of drug-likeness (QED) is 0.758. The molecule has 1 atom stereocenters. The number of rotatable bonds is 5. The molecule has 0 aromatic carbocycles. The van der Waals surface area contributed by atoms with Gasteiger partial charge in [-0.2, -0.15) is 0 Å². The molecule has 1 aromatic rings. The normalized spacial score (nSPS) is 12.4. The molecular weight excluding hydrogens is 198 g/mol. The predicted molar refractivity (Wildman–Crippen MR) is 57.0 cm³/mol. The van der Waals surface area contributed by atoms with Gasteiger partial charge in [-0.3, -0.25) is 4.79 Å². The Morgan fingerprint density at radius 2 is 2.50 bits per heavy atom. The van der Waals surface area contributed by atoms with E-state index in [4.69, 9.17) is 10.5 Å². The van der Waals surface area contributed by atoms with E-state index in [1.165, 1.54) is 0 Å². The summed E-state index contributed by atoms with van der Waals surface area (Å²) in [6.07, 6.45) is 0.405. The molecular formula is C10H15NO2S. The van der Waals surface area contributed by atoms with E-state index in [9.17, 15) is 4.79 Å². The van der Waals surface area contributed by atoms with Crippen molar-refractivity contribution in [3.05, 3.63) is 22.4 Å². The first-order valence-corrected chi connectivity index (χ1v) is 5.48. The summed E-state index contributed by atoms with van der Waals surface area (Å²) >= 11 is 1.59. The zero-order valence-electron chi connectivity index (χ0n) is 8.23. The van der Waals surface area contributed by atoms with Crippen LogP contribution in [-0.4, -0.2) is 12.5 Å². The summed E-state index contributed by atoms with van der Waals surface area (Å²) in [5, 5.41) is 1.96. The van der Waals surface area contributed by atoms with E-state index in [0.717, 1.165) is 4.88 Å². The Morgan fingerprint density at radius 3 is 3.07 bits per heavy atom. The molecule has 1 unspecified atom stereocenters. The lowest BCUT2D eigenvalue weighted by Crippen LogP contribution is -2.16. The summed E-state index contributed by atoms with van der Waals surface area (Å²) < 4.78 is 5.07. The van der Waals surface area contributed by atoms with Gasteiger partial charge in [-0.05, 0) is 23.9 Å². The first-order valence-electron chi connectivity index (χ1n) is 4.60. The third-order valence-corrected chi connectivity index (χ3v) is 2.72. The molecule has 1 rings (SSSR count). The van der Waals surface area contributed by atoms with Crippen LogP contribution in [-0.2, 0) is 16.1 Å². The van der Waals surface area contributed by atoms with Gasteiger partial charge in [0.2, 0.25) is 0 Å². The topological polar surface area (TPSA) is 52.3 Å². The molecule has 2 N–H and O–H groups in total. The Hall–Kier alpha value is -0.870. The van der Waals surface area contributed by atoms with Crippen molar-refractivity contribution in [2.75, 3.05) is 6.54 Å². The number of hydrogen-bond acceptors (Lipinski definition) is 4. The minimum absolute atomic E-state index is 0.170. The zero-order valence-corrected chi connectivity index (χ0v) is 9.05. The number of hydrogen-bond donors (Lipinski definition) is 1. The van der Waals surface area contributed by atoms with Crippen LogP contribution in [0.15, 0.2) is 17.5 Å². The molecule has 0 amide bonds. The molecule has 0 saturated carbocycles. The highest BCUT2D eigenvalue weighted by molar-refractivity contribution is 7.09. The SMILES string of the molecule is CC(CN)CC(=O)OCc1cccs1. The van der Waals surface area contributed by atoms with Crippen molar-refractivity contribution in [3.63, 3.8) is 0 Å². The molecule has 1 heterocycles. The molecule has 3 nitrogen and oxygen atoms in total. The standard InChI is InChI=1S/C10H15NO2S/c1-8(6-11)5-10(12)13-7-9-3-2-4-14-9/h2-4,8H,5-7,11H2,1H3. The lowest BCUT2D eigenvalue weighted by molar-refractivity contribution is -0.145. The van der Waals surface area contributed by atoms with E-state index in [1.807, 2.05) is 24.4 Å². The molecule has 0 saturated heterocycles. The molecule has 0 radical (unpaired) electrons. The lowest BCUT2D eigenvalue weighted by atomic mass is 10.1. The van der Waals surface area contributed by atoms with Crippen LogP contribution in [0.3, 0.4) is 0 Å². The van der Waals surface area contributed by atoms with Crippen LogP contribution in [0.1, 0.15) is 18.2 Å². The van der Waals surface area contributed by atoms with E-state index in [2.05, 4.69) is 0 Å². The van der Waals surface area contributed by atoms with Crippen LogP contribution >= 0.6 is 11.3 Å². The highest BCUT2D eigenvalue weighted by atomic mass is 32.1.